The first-order valence-electron chi connectivity index (χ1n) is 5.40. The van der Waals surface area contributed by atoms with E-state index in [1.54, 1.807) is 18.2 Å². The molecule has 2 aromatic carbocycles. The van der Waals surface area contributed by atoms with Crippen LogP contribution in [0.5, 0.6) is 0 Å². The highest BCUT2D eigenvalue weighted by Gasteiger charge is 2.24. The Bertz CT molecular complexity index is 716. The average molecular weight is 238 g/mol. The van der Waals surface area contributed by atoms with Crippen molar-refractivity contribution in [3.8, 4) is 11.1 Å². The second-order valence-electron chi connectivity index (χ2n) is 3.81. The van der Waals surface area contributed by atoms with Gasteiger partial charge in [-0.05, 0) is 17.7 Å². The summed E-state index contributed by atoms with van der Waals surface area (Å²) < 4.78 is 5.28. The average Bonchev–Trinajstić information content (AvgIpc) is 2.79. The summed E-state index contributed by atoms with van der Waals surface area (Å²) in [6, 6.07) is 17.3. The number of rotatable bonds is 2. The Kier molecular flexibility index (Phi) is 2.34. The predicted molar refractivity (Wildman–Crippen MR) is 67.1 cm³/mol. The smallest absolute Gasteiger partial charge is 0.400 e. The maximum absolute atomic E-state index is 11.1. The van der Waals surface area contributed by atoms with Gasteiger partial charge in [0.1, 0.15) is 16.1 Å². The van der Waals surface area contributed by atoms with Crippen LogP contribution in [0.15, 0.2) is 52.9 Å². The lowest BCUT2D eigenvalue weighted by Gasteiger charge is -1.96. The Balaban J connectivity index is 2.38. The standard InChI is InChI=1S/C14H8NO3/c16-15(17)14-13(10-6-2-1-3-7-10)11-8-4-5-9-12(11)18-14/h1-7,9H. The van der Waals surface area contributed by atoms with Crippen molar-refractivity contribution in [2.24, 2.45) is 0 Å². The zero-order chi connectivity index (χ0) is 12.5. The molecule has 0 aliphatic heterocycles. The van der Waals surface area contributed by atoms with E-state index >= 15 is 0 Å². The van der Waals surface area contributed by atoms with Gasteiger partial charge in [0.15, 0.2) is 0 Å². The molecule has 4 nitrogen and oxygen atoms in total. The van der Waals surface area contributed by atoms with Gasteiger partial charge in [0, 0.05) is 5.39 Å². The SMILES string of the molecule is O=[N+]([O-])c1oc2ccc[c]c2c1-c1ccccc1. The third-order valence-electron chi connectivity index (χ3n) is 2.72. The molecule has 0 fully saturated rings. The molecule has 0 spiro atoms. The third kappa shape index (κ3) is 1.55. The molecule has 1 aromatic heterocycles. The lowest BCUT2D eigenvalue weighted by Crippen LogP contribution is -1.87. The van der Waals surface area contributed by atoms with Crippen LogP contribution in [-0.4, -0.2) is 4.92 Å². The van der Waals surface area contributed by atoms with E-state index in [1.807, 2.05) is 30.3 Å². The number of nitrogens with zero attached hydrogens (tertiary/aromatic N) is 1. The van der Waals surface area contributed by atoms with Gasteiger partial charge >= 0.3 is 5.88 Å². The summed E-state index contributed by atoms with van der Waals surface area (Å²) in [5.41, 5.74) is 1.71. The van der Waals surface area contributed by atoms with Crippen LogP contribution in [0.25, 0.3) is 22.1 Å². The molecule has 0 saturated carbocycles. The fraction of sp³-hybridized carbons (Fsp3) is 0. The molecule has 18 heavy (non-hydrogen) atoms. The Morgan fingerprint density at radius 3 is 2.61 bits per heavy atom. The van der Waals surface area contributed by atoms with Crippen molar-refractivity contribution < 1.29 is 9.34 Å². The van der Waals surface area contributed by atoms with Crippen LogP contribution in [0.2, 0.25) is 0 Å². The van der Waals surface area contributed by atoms with Gasteiger partial charge in [-0.1, -0.05) is 42.5 Å². The zero-order valence-corrected chi connectivity index (χ0v) is 9.29. The van der Waals surface area contributed by atoms with Crippen LogP contribution in [0.4, 0.5) is 5.88 Å². The number of fused-ring (bicyclic) bond motifs is 1. The van der Waals surface area contributed by atoms with E-state index in [0.717, 1.165) is 5.56 Å². The Labute approximate surface area is 103 Å². The first-order chi connectivity index (χ1) is 8.77. The molecule has 4 heteroatoms. The summed E-state index contributed by atoms with van der Waals surface area (Å²) in [6.45, 7) is 0. The molecule has 0 unspecified atom stereocenters. The Morgan fingerprint density at radius 1 is 1.11 bits per heavy atom. The van der Waals surface area contributed by atoms with E-state index in [0.29, 0.717) is 16.5 Å². The maximum Gasteiger partial charge on any atom is 0.442 e. The number of nitro groups is 1. The molecule has 0 atom stereocenters. The Morgan fingerprint density at radius 2 is 1.89 bits per heavy atom. The zero-order valence-electron chi connectivity index (χ0n) is 9.29. The van der Waals surface area contributed by atoms with Gasteiger partial charge in [-0.2, -0.15) is 0 Å². The molecule has 0 aliphatic carbocycles. The fourth-order valence-corrected chi connectivity index (χ4v) is 1.97. The molecule has 3 rings (SSSR count). The topological polar surface area (TPSA) is 56.3 Å². The lowest BCUT2D eigenvalue weighted by atomic mass is 10.0. The van der Waals surface area contributed by atoms with Crippen molar-refractivity contribution in [2.45, 2.75) is 0 Å². The van der Waals surface area contributed by atoms with Crippen molar-refractivity contribution in [1.29, 1.82) is 0 Å². The molecule has 1 heterocycles. The molecule has 87 valence electrons. The van der Waals surface area contributed by atoms with Crippen molar-refractivity contribution in [3.63, 3.8) is 0 Å². The molecular weight excluding hydrogens is 230 g/mol. The van der Waals surface area contributed by atoms with E-state index in [-0.39, 0.29) is 5.88 Å². The van der Waals surface area contributed by atoms with Crippen LogP contribution in [0.1, 0.15) is 0 Å². The van der Waals surface area contributed by atoms with Gasteiger partial charge < -0.3 is 4.42 Å². The van der Waals surface area contributed by atoms with E-state index in [9.17, 15) is 10.1 Å². The summed E-state index contributed by atoms with van der Waals surface area (Å²) in [6.07, 6.45) is 0. The van der Waals surface area contributed by atoms with Gasteiger partial charge in [-0.15, -0.1) is 0 Å². The third-order valence-corrected chi connectivity index (χ3v) is 2.72. The van der Waals surface area contributed by atoms with E-state index in [2.05, 4.69) is 6.07 Å². The predicted octanol–water partition coefficient (Wildman–Crippen LogP) is 3.81. The minimum atomic E-state index is -0.504. The quantitative estimate of drug-likeness (QED) is 0.504. The lowest BCUT2D eigenvalue weighted by molar-refractivity contribution is -0.400. The van der Waals surface area contributed by atoms with E-state index in [1.165, 1.54) is 0 Å². The highest BCUT2D eigenvalue weighted by atomic mass is 16.6. The summed E-state index contributed by atoms with van der Waals surface area (Å²) in [7, 11) is 0. The van der Waals surface area contributed by atoms with Crippen LogP contribution >= 0.6 is 0 Å². The molecule has 0 saturated heterocycles. The first-order valence-corrected chi connectivity index (χ1v) is 5.40. The molecule has 3 aromatic rings. The maximum atomic E-state index is 11.1. The number of hydrogen-bond acceptors (Lipinski definition) is 3. The molecule has 0 aliphatic rings. The molecule has 1 radical (unpaired) electrons. The normalized spacial score (nSPS) is 10.7. The van der Waals surface area contributed by atoms with Crippen LogP contribution in [0, 0.1) is 16.2 Å². The molecule has 0 amide bonds. The molecule has 0 N–H and O–H groups in total. The second kappa shape index (κ2) is 4.00. The summed E-state index contributed by atoms with van der Waals surface area (Å²) in [5.74, 6) is -0.237. The monoisotopic (exact) mass is 238 g/mol. The van der Waals surface area contributed by atoms with E-state index < -0.39 is 4.92 Å². The van der Waals surface area contributed by atoms with Crippen LogP contribution in [0.3, 0.4) is 0 Å². The number of benzene rings is 2. The first kappa shape index (κ1) is 10.5. The van der Waals surface area contributed by atoms with Crippen molar-refractivity contribution in [3.05, 3.63) is 64.7 Å². The van der Waals surface area contributed by atoms with Crippen molar-refractivity contribution in [1.82, 2.24) is 0 Å². The minimum absolute atomic E-state index is 0.237. The summed E-state index contributed by atoms with van der Waals surface area (Å²) >= 11 is 0. The van der Waals surface area contributed by atoms with Gasteiger partial charge in [0.05, 0.1) is 0 Å². The van der Waals surface area contributed by atoms with Crippen molar-refractivity contribution >= 4 is 16.9 Å². The van der Waals surface area contributed by atoms with Crippen LogP contribution < -0.4 is 0 Å². The van der Waals surface area contributed by atoms with Crippen LogP contribution in [-0.2, 0) is 0 Å². The molecule has 0 bridgehead atoms. The second-order valence-corrected chi connectivity index (χ2v) is 3.81. The highest BCUT2D eigenvalue weighted by Crippen LogP contribution is 2.39. The number of hydrogen-bond donors (Lipinski definition) is 0. The summed E-state index contributed by atoms with van der Waals surface area (Å²) in [4.78, 5) is 10.6. The van der Waals surface area contributed by atoms with Crippen molar-refractivity contribution in [2.75, 3.05) is 0 Å². The van der Waals surface area contributed by atoms with Gasteiger partial charge in [-0.3, -0.25) is 10.1 Å². The number of furan rings is 1. The van der Waals surface area contributed by atoms with Gasteiger partial charge in [0.25, 0.3) is 0 Å². The fourth-order valence-electron chi connectivity index (χ4n) is 1.97. The summed E-state index contributed by atoms with van der Waals surface area (Å²) in [5, 5.41) is 11.7. The van der Waals surface area contributed by atoms with Gasteiger partial charge in [-0.25, -0.2) is 0 Å². The Hall–Kier alpha value is -2.62. The minimum Gasteiger partial charge on any atom is -0.400 e. The highest BCUT2D eigenvalue weighted by molar-refractivity contribution is 5.98. The van der Waals surface area contributed by atoms with E-state index in [4.69, 9.17) is 4.42 Å². The molecular formula is C14H8NO3. The largest absolute Gasteiger partial charge is 0.442 e. The van der Waals surface area contributed by atoms with Gasteiger partial charge in [0.2, 0.25) is 0 Å².